The van der Waals surface area contributed by atoms with Crippen molar-refractivity contribution in [1.29, 1.82) is 5.26 Å². The summed E-state index contributed by atoms with van der Waals surface area (Å²) < 4.78 is 0. The van der Waals surface area contributed by atoms with E-state index in [2.05, 4.69) is 12.6 Å². The zero-order chi connectivity index (χ0) is 10.7. The number of benzene rings is 1. The summed E-state index contributed by atoms with van der Waals surface area (Å²) in [7, 11) is 0. The summed E-state index contributed by atoms with van der Waals surface area (Å²) >= 11 is 3.93. The highest BCUT2D eigenvalue weighted by atomic mass is 32.1. The minimum Gasteiger partial charge on any atom is -0.478 e. The quantitative estimate of drug-likeness (QED) is 0.635. The lowest BCUT2D eigenvalue weighted by Crippen LogP contribution is -2.01. The molecule has 1 aromatic carbocycles. The fourth-order valence-corrected chi connectivity index (χ4v) is 1.31. The molecule has 0 saturated heterocycles. The second-order valence-electron chi connectivity index (χ2n) is 2.61. The van der Waals surface area contributed by atoms with Gasteiger partial charge >= 0.3 is 5.97 Å². The number of hydrogen-bond acceptors (Lipinski definition) is 4. The van der Waals surface area contributed by atoms with Crippen LogP contribution in [0, 0.1) is 11.3 Å². The molecule has 0 fully saturated rings. The molecule has 0 saturated carbocycles. The molecular weight excluding hydrogens is 202 g/mol. The third-order valence-corrected chi connectivity index (χ3v) is 2.18. The fourth-order valence-electron chi connectivity index (χ4n) is 1.03. The minimum atomic E-state index is -1.16. The van der Waals surface area contributed by atoms with Crippen molar-refractivity contribution in [3.05, 3.63) is 28.8 Å². The molecule has 5 heteroatoms. The lowest BCUT2D eigenvalue weighted by Gasteiger charge is -2.04. The van der Waals surface area contributed by atoms with E-state index in [1.165, 1.54) is 12.1 Å². The van der Waals surface area contributed by atoms with Crippen LogP contribution in [0.2, 0.25) is 0 Å². The molecule has 72 valence electrons. The van der Waals surface area contributed by atoms with Crippen molar-refractivity contribution in [3.8, 4) is 6.07 Å². The Balaban J connectivity index is 3.44. The van der Waals surface area contributed by atoms with Crippen LogP contribution in [0.3, 0.4) is 0 Å². The van der Waals surface area contributed by atoms with Crippen molar-refractivity contribution < 1.29 is 15.0 Å². The highest BCUT2D eigenvalue weighted by Crippen LogP contribution is 2.21. The van der Waals surface area contributed by atoms with Gasteiger partial charge in [0, 0.05) is 4.90 Å². The van der Waals surface area contributed by atoms with Gasteiger partial charge in [-0.05, 0) is 17.7 Å². The number of nitrogens with zero attached hydrogens (tertiary/aromatic N) is 1. The van der Waals surface area contributed by atoms with Gasteiger partial charge in [0.2, 0.25) is 0 Å². The maximum absolute atomic E-state index is 10.7. The lowest BCUT2D eigenvalue weighted by atomic mass is 10.1. The van der Waals surface area contributed by atoms with Crippen molar-refractivity contribution >= 4 is 18.6 Å². The second-order valence-corrected chi connectivity index (χ2v) is 3.06. The largest absolute Gasteiger partial charge is 0.478 e. The fraction of sp³-hybridized carbons (Fsp3) is 0.111. The first-order valence-corrected chi connectivity index (χ1v) is 4.15. The number of carboxylic acid groups (broad SMARTS) is 1. The van der Waals surface area contributed by atoms with E-state index in [0.29, 0.717) is 5.56 Å². The smallest absolute Gasteiger partial charge is 0.336 e. The van der Waals surface area contributed by atoms with Crippen LogP contribution in [0.15, 0.2) is 17.0 Å². The maximum Gasteiger partial charge on any atom is 0.336 e. The molecule has 0 spiro atoms. The molecule has 0 aliphatic rings. The molecule has 0 atom stereocenters. The van der Waals surface area contributed by atoms with Gasteiger partial charge in [-0.25, -0.2) is 4.79 Å². The van der Waals surface area contributed by atoms with Gasteiger partial charge in [0.15, 0.2) is 0 Å². The molecule has 0 aromatic heterocycles. The van der Waals surface area contributed by atoms with Crippen LogP contribution >= 0.6 is 12.6 Å². The summed E-state index contributed by atoms with van der Waals surface area (Å²) in [6.07, 6.45) is 0. The Kier molecular flexibility index (Phi) is 3.12. The topological polar surface area (TPSA) is 81.3 Å². The Bertz CT molecular complexity index is 423. The molecule has 1 rings (SSSR count). The molecule has 0 heterocycles. The van der Waals surface area contributed by atoms with Crippen LogP contribution in [-0.2, 0) is 6.61 Å². The van der Waals surface area contributed by atoms with Crippen LogP contribution in [0.5, 0.6) is 0 Å². The van der Waals surface area contributed by atoms with Crippen molar-refractivity contribution in [3.63, 3.8) is 0 Å². The predicted molar refractivity (Wildman–Crippen MR) is 51.3 cm³/mol. The van der Waals surface area contributed by atoms with Crippen LogP contribution in [0.4, 0.5) is 0 Å². The molecule has 0 aliphatic heterocycles. The van der Waals surface area contributed by atoms with E-state index >= 15 is 0 Å². The minimum absolute atomic E-state index is 0.0727. The Morgan fingerprint density at radius 3 is 2.64 bits per heavy atom. The Labute approximate surface area is 85.8 Å². The number of nitriles is 1. The summed E-state index contributed by atoms with van der Waals surface area (Å²) in [6, 6.07) is 4.52. The van der Waals surface area contributed by atoms with Crippen LogP contribution in [-0.4, -0.2) is 16.2 Å². The van der Waals surface area contributed by atoms with Gasteiger partial charge in [0.25, 0.3) is 0 Å². The van der Waals surface area contributed by atoms with Gasteiger partial charge in [-0.2, -0.15) is 5.26 Å². The Morgan fingerprint density at radius 1 is 1.57 bits per heavy atom. The van der Waals surface area contributed by atoms with Gasteiger partial charge in [0.1, 0.15) is 6.07 Å². The van der Waals surface area contributed by atoms with E-state index in [-0.39, 0.29) is 22.6 Å². The highest BCUT2D eigenvalue weighted by Gasteiger charge is 2.12. The number of carboxylic acids is 1. The average molecular weight is 209 g/mol. The van der Waals surface area contributed by atoms with E-state index in [0.717, 1.165) is 0 Å². The zero-order valence-corrected chi connectivity index (χ0v) is 7.95. The van der Waals surface area contributed by atoms with E-state index in [9.17, 15) is 4.79 Å². The number of rotatable bonds is 2. The summed E-state index contributed by atoms with van der Waals surface area (Å²) in [4.78, 5) is 10.8. The molecule has 4 nitrogen and oxygen atoms in total. The van der Waals surface area contributed by atoms with Crippen molar-refractivity contribution in [2.45, 2.75) is 11.5 Å². The lowest BCUT2D eigenvalue weighted by molar-refractivity contribution is 0.0693. The summed E-state index contributed by atoms with van der Waals surface area (Å²) in [5.74, 6) is -1.16. The molecule has 1 aromatic rings. The van der Waals surface area contributed by atoms with E-state index in [1.807, 2.05) is 6.07 Å². The van der Waals surface area contributed by atoms with Crippen molar-refractivity contribution in [2.75, 3.05) is 0 Å². The zero-order valence-electron chi connectivity index (χ0n) is 7.06. The number of thiol groups is 1. The first kappa shape index (κ1) is 10.6. The SMILES string of the molecule is N#Cc1cc(CO)cc(C(=O)O)c1S. The van der Waals surface area contributed by atoms with E-state index < -0.39 is 5.97 Å². The first-order chi connectivity index (χ1) is 6.60. The first-order valence-electron chi connectivity index (χ1n) is 3.70. The molecule has 0 radical (unpaired) electrons. The van der Waals surface area contributed by atoms with Gasteiger partial charge in [-0.15, -0.1) is 12.6 Å². The normalized spacial score (nSPS) is 9.50. The molecule has 2 N–H and O–H groups in total. The van der Waals surface area contributed by atoms with E-state index in [4.69, 9.17) is 15.5 Å². The average Bonchev–Trinajstić information content (AvgIpc) is 2.17. The van der Waals surface area contributed by atoms with Gasteiger partial charge in [-0.3, -0.25) is 0 Å². The molecule has 0 unspecified atom stereocenters. The molecule has 14 heavy (non-hydrogen) atoms. The Hall–Kier alpha value is -1.51. The van der Waals surface area contributed by atoms with Crippen LogP contribution in [0.25, 0.3) is 0 Å². The monoisotopic (exact) mass is 209 g/mol. The van der Waals surface area contributed by atoms with Crippen molar-refractivity contribution in [2.24, 2.45) is 0 Å². The molecular formula is C9H7NO3S. The summed E-state index contributed by atoms with van der Waals surface area (Å²) in [5.41, 5.74) is 0.463. The van der Waals surface area contributed by atoms with Gasteiger partial charge in [0.05, 0.1) is 17.7 Å². The summed E-state index contributed by atoms with van der Waals surface area (Å²) in [6.45, 7) is -0.303. The predicted octanol–water partition coefficient (Wildman–Crippen LogP) is 1.04. The number of aromatic carboxylic acids is 1. The van der Waals surface area contributed by atoms with E-state index in [1.54, 1.807) is 0 Å². The number of hydrogen-bond donors (Lipinski definition) is 3. The van der Waals surface area contributed by atoms with Crippen LogP contribution in [0.1, 0.15) is 21.5 Å². The van der Waals surface area contributed by atoms with Crippen LogP contribution < -0.4 is 0 Å². The number of carbonyl (C=O) groups is 1. The third kappa shape index (κ3) is 1.87. The van der Waals surface area contributed by atoms with Gasteiger partial charge < -0.3 is 10.2 Å². The standard InChI is InChI=1S/C9H7NO3S/c10-3-6-1-5(4-11)2-7(8(6)14)9(12)13/h1-2,11,14H,4H2,(H,12,13). The molecule has 0 amide bonds. The number of aliphatic hydroxyl groups is 1. The highest BCUT2D eigenvalue weighted by molar-refractivity contribution is 7.80. The van der Waals surface area contributed by atoms with Gasteiger partial charge in [-0.1, -0.05) is 0 Å². The maximum atomic E-state index is 10.7. The second kappa shape index (κ2) is 4.13. The number of aliphatic hydroxyl groups excluding tert-OH is 1. The molecule has 0 aliphatic carbocycles. The van der Waals surface area contributed by atoms with Crippen molar-refractivity contribution in [1.82, 2.24) is 0 Å². The molecule has 0 bridgehead atoms. The summed E-state index contributed by atoms with van der Waals surface area (Å²) in [5, 5.41) is 26.3. The third-order valence-electron chi connectivity index (χ3n) is 1.70. The Morgan fingerprint density at radius 2 is 2.21 bits per heavy atom.